The zero-order chi connectivity index (χ0) is 14.8. The van der Waals surface area contributed by atoms with Gasteiger partial charge < -0.3 is 14.7 Å². The molecule has 2 fully saturated rings. The molecule has 0 aromatic heterocycles. The molecular weight excluding hydrogens is 338 g/mol. The Kier molecular flexibility index (Phi) is 10.1. The third-order valence-electron chi connectivity index (χ3n) is 4.37. The zero-order valence-corrected chi connectivity index (χ0v) is 15.4. The molecule has 0 N–H and O–H groups in total. The van der Waals surface area contributed by atoms with E-state index in [0.29, 0.717) is 0 Å². The van der Waals surface area contributed by atoms with Gasteiger partial charge >= 0.3 is 33.3 Å². The predicted octanol–water partition coefficient (Wildman–Crippen LogP) is 2.18. The van der Waals surface area contributed by atoms with Crippen molar-refractivity contribution in [2.75, 3.05) is 73.1 Å². The van der Waals surface area contributed by atoms with E-state index in [1.54, 1.807) is 0 Å². The monoisotopic (exact) mass is 365 g/mol. The molecule has 0 spiro atoms. The molecule has 2 aliphatic heterocycles. The molecule has 2 atom stereocenters. The number of fused-ring (bicyclic) bond motifs is 2. The second-order valence-corrected chi connectivity index (χ2v) is 7.83. The Morgan fingerprint density at radius 1 is 1.15 bits per heavy atom. The van der Waals surface area contributed by atoms with Gasteiger partial charge in [0.25, 0.3) is 0 Å². The minimum absolute atomic E-state index is 0.00694. The second-order valence-electron chi connectivity index (χ2n) is 5.88. The Balaban J connectivity index is 0.000000612. The Morgan fingerprint density at radius 3 is 2.55 bits per heavy atom. The number of rotatable bonds is 4. The van der Waals surface area contributed by atoms with Crippen molar-refractivity contribution in [2.45, 2.75) is 12.8 Å². The molecule has 2 rings (SSSR count). The molecule has 4 nitrogen and oxygen atoms in total. The summed E-state index contributed by atoms with van der Waals surface area (Å²) < 4.78 is 1.32. The summed E-state index contributed by atoms with van der Waals surface area (Å²) in [5.74, 6) is 0. The van der Waals surface area contributed by atoms with Crippen LogP contribution in [0.1, 0.15) is 12.8 Å². The number of halogens is 2. The van der Waals surface area contributed by atoms with Crippen LogP contribution < -0.4 is 0 Å². The van der Waals surface area contributed by atoms with Gasteiger partial charge in [-0.2, -0.15) is 7.05 Å². The van der Waals surface area contributed by atoms with E-state index in [1.165, 1.54) is 69.8 Å². The van der Waals surface area contributed by atoms with E-state index in [9.17, 15) is 0 Å². The number of quaternary nitrogens is 1. The van der Waals surface area contributed by atoms with Crippen LogP contribution in [0, 0.1) is 0 Å². The van der Waals surface area contributed by atoms with Gasteiger partial charge in [-0.1, -0.05) is 0 Å². The van der Waals surface area contributed by atoms with Crippen LogP contribution in [0.5, 0.6) is 0 Å². The van der Waals surface area contributed by atoms with Crippen LogP contribution in [0.15, 0.2) is 0 Å². The third-order valence-corrected chi connectivity index (χ3v) is 4.37. The molecule has 121 valence electrons. The van der Waals surface area contributed by atoms with E-state index in [2.05, 4.69) is 22.2 Å². The molecule has 0 radical (unpaired) electrons. The number of hydrogen-bond acceptors (Lipinski definition) is 2. The summed E-state index contributed by atoms with van der Waals surface area (Å²) in [5, 5.41) is 4.24. The van der Waals surface area contributed by atoms with Crippen molar-refractivity contribution in [1.29, 1.82) is 0 Å². The van der Waals surface area contributed by atoms with Crippen molar-refractivity contribution in [1.82, 2.24) is 9.80 Å². The van der Waals surface area contributed by atoms with Gasteiger partial charge in [0.15, 0.2) is 0 Å². The van der Waals surface area contributed by atoms with Gasteiger partial charge in [-0.15, -0.1) is 6.54 Å². The Labute approximate surface area is 138 Å². The van der Waals surface area contributed by atoms with Gasteiger partial charge in [0.05, 0.1) is 26.2 Å². The fourth-order valence-electron chi connectivity index (χ4n) is 3.20. The van der Waals surface area contributed by atoms with Gasteiger partial charge in [-0.25, -0.2) is 0 Å². The first-order chi connectivity index (χ1) is 9.65. The molecule has 2 heterocycles. The van der Waals surface area contributed by atoms with Crippen LogP contribution in [0.3, 0.4) is 0 Å². The first kappa shape index (κ1) is 19.0. The molecule has 0 saturated carbocycles. The Morgan fingerprint density at radius 2 is 1.85 bits per heavy atom. The van der Waals surface area contributed by atoms with Gasteiger partial charge in [0.2, 0.25) is 0 Å². The quantitative estimate of drug-likeness (QED) is 0.432. The summed E-state index contributed by atoms with van der Waals surface area (Å²) in [6.45, 7) is 11.5. The zero-order valence-electron chi connectivity index (χ0n) is 12.7. The van der Waals surface area contributed by atoms with Crippen LogP contribution in [-0.4, -0.2) is 87.4 Å². The van der Waals surface area contributed by atoms with E-state index in [4.69, 9.17) is 20.2 Å². The van der Waals surface area contributed by atoms with Crippen LogP contribution in [-0.2, 0) is 13.1 Å². The standard InChI is InChI=1S/C13H28N4.2ClH.Mn/c1-14-5-3-10-17-11-8-15(2)6-4-7-16(13-17)9-12-17;;;/h3-13H2,1-2H3;2*1H;/q;;;+2/p-2. The maximum atomic E-state index is 4.80. The molecule has 0 aromatic carbocycles. The second kappa shape index (κ2) is 10.6. The SMILES string of the molecule is C[N-]CCC[N+]12CCN(C)CCCN(CC1)C2.[Cl][Mn][Cl]. The Bertz CT molecular complexity index is 261. The van der Waals surface area contributed by atoms with Crippen molar-refractivity contribution >= 4 is 20.2 Å². The molecular formula is C13H28Cl2MnN4. The maximum absolute atomic E-state index is 4.80. The van der Waals surface area contributed by atoms with Crippen molar-refractivity contribution in [3.63, 3.8) is 0 Å². The van der Waals surface area contributed by atoms with E-state index >= 15 is 0 Å². The van der Waals surface area contributed by atoms with E-state index in [-0.39, 0.29) is 13.1 Å². The van der Waals surface area contributed by atoms with Crippen molar-refractivity contribution in [2.24, 2.45) is 0 Å². The summed E-state index contributed by atoms with van der Waals surface area (Å²) in [4.78, 5) is 5.17. The van der Waals surface area contributed by atoms with Crippen LogP contribution >= 0.6 is 20.2 Å². The summed E-state index contributed by atoms with van der Waals surface area (Å²) in [5.41, 5.74) is 0. The average Bonchev–Trinajstić information content (AvgIpc) is 2.84. The average molecular weight is 366 g/mol. The van der Waals surface area contributed by atoms with Gasteiger partial charge in [-0.3, -0.25) is 4.90 Å². The first-order valence-electron chi connectivity index (χ1n) is 7.34. The number of likely N-dealkylation sites (N-methyl/N-ethyl adjacent to an activating group) is 1. The molecule has 2 saturated heterocycles. The summed E-state index contributed by atoms with van der Waals surface area (Å²) in [6, 6.07) is 0. The van der Waals surface area contributed by atoms with E-state index in [1.807, 2.05) is 7.05 Å². The first-order valence-corrected chi connectivity index (χ1v) is 10.6. The topological polar surface area (TPSA) is 20.6 Å². The molecule has 20 heavy (non-hydrogen) atoms. The molecule has 7 heteroatoms. The fourth-order valence-corrected chi connectivity index (χ4v) is 3.20. The van der Waals surface area contributed by atoms with Crippen LogP contribution in [0.2, 0.25) is 0 Å². The molecule has 0 aliphatic carbocycles. The third kappa shape index (κ3) is 6.80. The van der Waals surface area contributed by atoms with Crippen molar-refractivity contribution in [3.8, 4) is 0 Å². The molecule has 0 aromatic rings. The van der Waals surface area contributed by atoms with Crippen LogP contribution in [0.25, 0.3) is 5.32 Å². The predicted molar refractivity (Wildman–Crippen MR) is 83.9 cm³/mol. The van der Waals surface area contributed by atoms with Gasteiger partial charge in [-0.05, 0) is 26.4 Å². The number of nitrogens with zero attached hydrogens (tertiary/aromatic N) is 4. The molecule has 2 aliphatic rings. The van der Waals surface area contributed by atoms with Crippen LogP contribution in [0.4, 0.5) is 0 Å². The van der Waals surface area contributed by atoms with Gasteiger partial charge in [0, 0.05) is 13.1 Å². The summed E-state index contributed by atoms with van der Waals surface area (Å²) in [7, 11) is 13.8. The Hall–Kier alpha value is 0.939. The van der Waals surface area contributed by atoms with Crippen molar-refractivity contribution in [3.05, 3.63) is 5.32 Å². The molecule has 0 amide bonds. The van der Waals surface area contributed by atoms with Crippen molar-refractivity contribution < 1.29 is 17.6 Å². The number of hydrogen-bond donors (Lipinski definition) is 0. The molecule has 2 bridgehead atoms. The van der Waals surface area contributed by atoms with E-state index in [0.717, 1.165) is 6.54 Å². The summed E-state index contributed by atoms with van der Waals surface area (Å²) >= 11 is 0.00694. The fraction of sp³-hybridized carbons (Fsp3) is 1.00. The molecule has 2 unspecified atom stereocenters. The van der Waals surface area contributed by atoms with Gasteiger partial charge in [0.1, 0.15) is 6.67 Å². The van der Waals surface area contributed by atoms with E-state index < -0.39 is 0 Å². The minimum atomic E-state index is 0.00694. The summed E-state index contributed by atoms with van der Waals surface area (Å²) in [6.07, 6.45) is 2.59. The normalized spacial score (nSPS) is 30.9.